The summed E-state index contributed by atoms with van der Waals surface area (Å²) in [7, 11) is 0. The number of esters is 1. The fourth-order valence-electron chi connectivity index (χ4n) is 3.53. The maximum atomic E-state index is 12.9. The molecule has 35 heavy (non-hydrogen) atoms. The number of benzene rings is 2. The van der Waals surface area contributed by atoms with Crippen LogP contribution in [0, 0.1) is 0 Å². The van der Waals surface area contributed by atoms with Crippen molar-refractivity contribution in [3.63, 3.8) is 0 Å². The third-order valence-corrected chi connectivity index (χ3v) is 6.02. The van der Waals surface area contributed by atoms with E-state index >= 15 is 0 Å². The molecule has 0 unspecified atom stereocenters. The molecule has 4 aromatic rings. The highest BCUT2D eigenvalue weighted by molar-refractivity contribution is 7.13. The van der Waals surface area contributed by atoms with Crippen LogP contribution in [0.4, 0.5) is 17.1 Å². The van der Waals surface area contributed by atoms with Gasteiger partial charge in [-0.3, -0.25) is 14.6 Å². The van der Waals surface area contributed by atoms with Gasteiger partial charge in [0.15, 0.2) is 6.61 Å². The number of hydrogen-bond acceptors (Lipinski definition) is 7. The predicted molar refractivity (Wildman–Crippen MR) is 139 cm³/mol. The topological polar surface area (TPSA) is 84.4 Å². The molecule has 0 saturated carbocycles. The normalized spacial score (nSPS) is 10.7. The van der Waals surface area contributed by atoms with E-state index in [-0.39, 0.29) is 25.0 Å². The first-order valence-electron chi connectivity index (χ1n) is 11.3. The Morgan fingerprint density at radius 3 is 2.37 bits per heavy atom. The van der Waals surface area contributed by atoms with Gasteiger partial charge in [0.1, 0.15) is 5.01 Å². The van der Waals surface area contributed by atoms with Gasteiger partial charge in [-0.1, -0.05) is 24.3 Å². The number of ether oxygens (including phenoxy) is 1. The number of carbonyl (C=O) groups excluding carboxylic acids is 2. The van der Waals surface area contributed by atoms with Gasteiger partial charge in [0, 0.05) is 34.7 Å². The van der Waals surface area contributed by atoms with Gasteiger partial charge in [0.25, 0.3) is 5.91 Å². The van der Waals surface area contributed by atoms with Crippen molar-refractivity contribution < 1.29 is 14.3 Å². The fourth-order valence-corrected chi connectivity index (χ4v) is 4.32. The van der Waals surface area contributed by atoms with Crippen LogP contribution in [-0.2, 0) is 20.7 Å². The SMILES string of the molecule is CC(C)N(C(=O)COC(=O)Cc1csc(-c2ccccn2)n1)c1ccc(Nc2ccccc2)cc1. The van der Waals surface area contributed by atoms with Gasteiger partial charge < -0.3 is 15.0 Å². The van der Waals surface area contributed by atoms with Crippen LogP contribution >= 0.6 is 11.3 Å². The largest absolute Gasteiger partial charge is 0.455 e. The van der Waals surface area contributed by atoms with Crippen molar-refractivity contribution >= 4 is 40.3 Å². The molecule has 7 nitrogen and oxygen atoms in total. The average molecular weight is 487 g/mol. The molecule has 0 fully saturated rings. The second kappa shape index (κ2) is 11.4. The summed E-state index contributed by atoms with van der Waals surface area (Å²) < 4.78 is 5.28. The number of carbonyl (C=O) groups is 2. The van der Waals surface area contributed by atoms with Gasteiger partial charge in [-0.05, 0) is 62.4 Å². The van der Waals surface area contributed by atoms with Crippen LogP contribution in [0.5, 0.6) is 0 Å². The molecule has 1 N–H and O–H groups in total. The molecule has 0 atom stereocenters. The lowest BCUT2D eigenvalue weighted by atomic mass is 10.2. The number of anilines is 3. The minimum absolute atomic E-state index is 0.00184. The van der Waals surface area contributed by atoms with Crippen LogP contribution in [0.15, 0.2) is 84.4 Å². The zero-order valence-corrected chi connectivity index (χ0v) is 20.4. The van der Waals surface area contributed by atoms with E-state index in [1.807, 2.05) is 86.6 Å². The molecule has 2 heterocycles. The van der Waals surface area contributed by atoms with Crippen molar-refractivity contribution in [2.75, 3.05) is 16.8 Å². The lowest BCUT2D eigenvalue weighted by Crippen LogP contribution is -2.40. The highest BCUT2D eigenvalue weighted by Crippen LogP contribution is 2.24. The Kier molecular flexibility index (Phi) is 7.84. The van der Waals surface area contributed by atoms with Crippen molar-refractivity contribution in [2.24, 2.45) is 0 Å². The van der Waals surface area contributed by atoms with Crippen molar-refractivity contribution in [1.29, 1.82) is 0 Å². The summed E-state index contributed by atoms with van der Waals surface area (Å²) in [6.45, 7) is 3.51. The van der Waals surface area contributed by atoms with Crippen LogP contribution < -0.4 is 10.2 Å². The highest BCUT2D eigenvalue weighted by atomic mass is 32.1. The van der Waals surface area contributed by atoms with Crippen LogP contribution in [0.1, 0.15) is 19.5 Å². The molecule has 1 amide bonds. The zero-order chi connectivity index (χ0) is 24.6. The molecule has 0 spiro atoms. The second-order valence-corrected chi connectivity index (χ2v) is 8.95. The molecule has 0 saturated heterocycles. The average Bonchev–Trinajstić information content (AvgIpc) is 3.33. The summed E-state index contributed by atoms with van der Waals surface area (Å²) in [5.74, 6) is -0.785. The predicted octanol–water partition coefficient (Wildman–Crippen LogP) is 5.48. The Labute approximate surface area is 208 Å². The van der Waals surface area contributed by atoms with Crippen LogP contribution in [0.2, 0.25) is 0 Å². The Morgan fingerprint density at radius 2 is 1.69 bits per heavy atom. The van der Waals surface area contributed by atoms with E-state index in [0.717, 1.165) is 27.8 Å². The van der Waals surface area contributed by atoms with Gasteiger partial charge >= 0.3 is 5.97 Å². The summed E-state index contributed by atoms with van der Waals surface area (Å²) in [5, 5.41) is 5.86. The lowest BCUT2D eigenvalue weighted by Gasteiger charge is -2.27. The number of pyridine rings is 1. The highest BCUT2D eigenvalue weighted by Gasteiger charge is 2.21. The summed E-state index contributed by atoms with van der Waals surface area (Å²) in [6, 6.07) is 22.9. The number of aromatic nitrogens is 2. The van der Waals surface area contributed by atoms with E-state index in [2.05, 4.69) is 15.3 Å². The van der Waals surface area contributed by atoms with E-state index in [1.54, 1.807) is 16.5 Å². The van der Waals surface area contributed by atoms with Crippen molar-refractivity contribution in [2.45, 2.75) is 26.3 Å². The molecule has 2 aromatic heterocycles. The van der Waals surface area contributed by atoms with Crippen LogP contribution in [0.25, 0.3) is 10.7 Å². The smallest absolute Gasteiger partial charge is 0.312 e. The Morgan fingerprint density at radius 1 is 0.971 bits per heavy atom. The molecule has 0 radical (unpaired) electrons. The van der Waals surface area contributed by atoms with Crippen LogP contribution in [-0.4, -0.2) is 34.5 Å². The molecule has 2 aromatic carbocycles. The van der Waals surface area contributed by atoms with Crippen molar-refractivity contribution in [1.82, 2.24) is 9.97 Å². The number of hydrogen-bond donors (Lipinski definition) is 1. The Bertz CT molecular complexity index is 1260. The maximum absolute atomic E-state index is 12.9. The van der Waals surface area contributed by atoms with Gasteiger partial charge in [0.2, 0.25) is 0 Å². The maximum Gasteiger partial charge on any atom is 0.312 e. The second-order valence-electron chi connectivity index (χ2n) is 8.09. The lowest BCUT2D eigenvalue weighted by molar-refractivity contribution is -0.147. The standard InChI is InChI=1S/C27H26N4O3S/c1-19(2)31(23-13-11-21(12-14-23)29-20-8-4-3-5-9-20)25(32)17-34-26(33)16-22-18-35-27(30-22)24-10-6-7-15-28-24/h3-15,18-19,29H,16-17H2,1-2H3. The van der Waals surface area contributed by atoms with Crippen LogP contribution in [0.3, 0.4) is 0 Å². The van der Waals surface area contributed by atoms with Gasteiger partial charge in [-0.15, -0.1) is 11.3 Å². The number of rotatable bonds is 9. The minimum Gasteiger partial charge on any atom is -0.455 e. The molecule has 178 valence electrons. The molecular formula is C27H26N4O3S. The number of thiazole rings is 1. The number of nitrogens with one attached hydrogen (secondary N) is 1. The minimum atomic E-state index is -0.498. The summed E-state index contributed by atoms with van der Waals surface area (Å²) >= 11 is 1.41. The van der Waals surface area contributed by atoms with E-state index < -0.39 is 5.97 Å². The molecule has 0 aliphatic carbocycles. The Hall–Kier alpha value is -4.04. The molecule has 0 aliphatic rings. The first-order chi connectivity index (χ1) is 17.0. The summed E-state index contributed by atoms with van der Waals surface area (Å²) in [5.41, 5.74) is 3.98. The van der Waals surface area contributed by atoms with E-state index in [1.165, 1.54) is 11.3 Å². The van der Waals surface area contributed by atoms with E-state index in [4.69, 9.17) is 4.74 Å². The number of nitrogens with zero attached hydrogens (tertiary/aromatic N) is 3. The van der Waals surface area contributed by atoms with Crippen molar-refractivity contribution in [3.05, 3.63) is 90.1 Å². The summed E-state index contributed by atoms with van der Waals surface area (Å²) in [6.07, 6.45) is 1.70. The number of amides is 1. The molecule has 0 aliphatic heterocycles. The third-order valence-electron chi connectivity index (χ3n) is 5.11. The van der Waals surface area contributed by atoms with E-state index in [9.17, 15) is 9.59 Å². The quantitative estimate of drug-likeness (QED) is 0.316. The molecular weight excluding hydrogens is 460 g/mol. The zero-order valence-electron chi connectivity index (χ0n) is 19.5. The van der Waals surface area contributed by atoms with Gasteiger partial charge in [-0.25, -0.2) is 4.98 Å². The fraction of sp³-hybridized carbons (Fsp3) is 0.185. The first kappa shape index (κ1) is 24.1. The Balaban J connectivity index is 1.33. The van der Waals surface area contributed by atoms with E-state index in [0.29, 0.717) is 5.69 Å². The first-order valence-corrected chi connectivity index (χ1v) is 12.1. The van der Waals surface area contributed by atoms with Crippen molar-refractivity contribution in [3.8, 4) is 10.7 Å². The molecule has 4 rings (SSSR count). The summed E-state index contributed by atoms with van der Waals surface area (Å²) in [4.78, 5) is 35.6. The third kappa shape index (κ3) is 6.51. The molecule has 8 heteroatoms. The number of para-hydroxylation sites is 1. The van der Waals surface area contributed by atoms with Gasteiger partial charge in [-0.2, -0.15) is 0 Å². The monoisotopic (exact) mass is 486 g/mol. The molecule has 0 bridgehead atoms. The van der Waals surface area contributed by atoms with Gasteiger partial charge in [0.05, 0.1) is 17.8 Å².